The molecular weight excluding hydrogens is 252 g/mol. The van der Waals surface area contributed by atoms with Crippen LogP contribution in [0.3, 0.4) is 0 Å². The number of nitrogens with one attached hydrogen (secondary N) is 2. The van der Waals surface area contributed by atoms with E-state index in [0.717, 1.165) is 31.1 Å². The standard InChI is InChI=1S/C13H20N2O2.ClH/c1-3-17-12-5-4-10(8-13(12)16-2)11-9-14-6-7-15-11;/h4-5,8,11,14-15H,3,6-7,9H2,1-2H3;1H/t11-;/m1./s1. The lowest BCUT2D eigenvalue weighted by atomic mass is 10.0. The van der Waals surface area contributed by atoms with Crippen molar-refractivity contribution in [2.24, 2.45) is 0 Å². The van der Waals surface area contributed by atoms with Gasteiger partial charge in [0.1, 0.15) is 0 Å². The molecule has 0 aromatic heterocycles. The summed E-state index contributed by atoms with van der Waals surface area (Å²) in [6.07, 6.45) is 0. The number of hydrogen-bond donors (Lipinski definition) is 2. The van der Waals surface area contributed by atoms with Gasteiger partial charge in [-0.25, -0.2) is 0 Å². The van der Waals surface area contributed by atoms with E-state index >= 15 is 0 Å². The summed E-state index contributed by atoms with van der Waals surface area (Å²) in [6.45, 7) is 5.61. The first-order valence-electron chi connectivity index (χ1n) is 6.10. The van der Waals surface area contributed by atoms with Crippen LogP contribution in [0.2, 0.25) is 0 Å². The maximum Gasteiger partial charge on any atom is 0.161 e. The molecule has 0 saturated carbocycles. The van der Waals surface area contributed by atoms with Crippen molar-refractivity contribution in [1.82, 2.24) is 10.6 Å². The van der Waals surface area contributed by atoms with Crippen LogP contribution < -0.4 is 20.1 Å². The topological polar surface area (TPSA) is 42.5 Å². The lowest BCUT2D eigenvalue weighted by molar-refractivity contribution is 0.310. The molecule has 1 saturated heterocycles. The molecule has 0 amide bonds. The van der Waals surface area contributed by atoms with Crippen molar-refractivity contribution in [2.45, 2.75) is 13.0 Å². The number of piperazine rings is 1. The average molecular weight is 273 g/mol. The Balaban J connectivity index is 0.00000162. The second-order valence-corrected chi connectivity index (χ2v) is 4.05. The summed E-state index contributed by atoms with van der Waals surface area (Å²) in [5.74, 6) is 1.61. The van der Waals surface area contributed by atoms with Crippen LogP contribution in [0.1, 0.15) is 18.5 Å². The van der Waals surface area contributed by atoms with Crippen molar-refractivity contribution in [3.63, 3.8) is 0 Å². The Hall–Kier alpha value is -0.970. The molecule has 2 N–H and O–H groups in total. The molecule has 5 heteroatoms. The Morgan fingerprint density at radius 3 is 2.72 bits per heavy atom. The highest BCUT2D eigenvalue weighted by Crippen LogP contribution is 2.30. The average Bonchev–Trinajstić information content (AvgIpc) is 2.40. The van der Waals surface area contributed by atoms with Gasteiger partial charge in [-0.2, -0.15) is 0 Å². The molecule has 102 valence electrons. The fourth-order valence-electron chi connectivity index (χ4n) is 2.06. The summed E-state index contributed by atoms with van der Waals surface area (Å²) in [5, 5.41) is 6.86. The van der Waals surface area contributed by atoms with Gasteiger partial charge in [-0.15, -0.1) is 12.4 Å². The first-order chi connectivity index (χ1) is 8.35. The van der Waals surface area contributed by atoms with Gasteiger partial charge in [-0.05, 0) is 24.6 Å². The molecule has 0 aliphatic carbocycles. The number of halogens is 1. The SMILES string of the molecule is CCOc1ccc([C@H]2CNCCN2)cc1OC.Cl. The van der Waals surface area contributed by atoms with Gasteiger partial charge in [-0.1, -0.05) is 6.07 Å². The highest BCUT2D eigenvalue weighted by Gasteiger charge is 2.16. The molecule has 1 aliphatic heterocycles. The van der Waals surface area contributed by atoms with E-state index in [1.165, 1.54) is 5.56 Å². The smallest absolute Gasteiger partial charge is 0.161 e. The van der Waals surface area contributed by atoms with Gasteiger partial charge in [0.05, 0.1) is 13.7 Å². The van der Waals surface area contributed by atoms with Gasteiger partial charge in [0.15, 0.2) is 11.5 Å². The predicted molar refractivity (Wildman–Crippen MR) is 75.0 cm³/mol. The van der Waals surface area contributed by atoms with Crippen molar-refractivity contribution in [1.29, 1.82) is 0 Å². The van der Waals surface area contributed by atoms with Crippen LogP contribution in [-0.4, -0.2) is 33.4 Å². The van der Waals surface area contributed by atoms with Crippen LogP contribution in [0, 0.1) is 0 Å². The van der Waals surface area contributed by atoms with Gasteiger partial charge < -0.3 is 20.1 Å². The third-order valence-corrected chi connectivity index (χ3v) is 2.93. The van der Waals surface area contributed by atoms with E-state index in [9.17, 15) is 0 Å². The molecule has 1 heterocycles. The lowest BCUT2D eigenvalue weighted by Gasteiger charge is -2.25. The summed E-state index contributed by atoms with van der Waals surface area (Å²) in [4.78, 5) is 0. The predicted octanol–water partition coefficient (Wildman–Crippen LogP) is 1.75. The third kappa shape index (κ3) is 3.51. The molecule has 2 rings (SSSR count). The van der Waals surface area contributed by atoms with E-state index in [1.54, 1.807) is 7.11 Å². The van der Waals surface area contributed by atoms with E-state index in [4.69, 9.17) is 9.47 Å². The summed E-state index contributed by atoms with van der Waals surface area (Å²) < 4.78 is 10.9. The van der Waals surface area contributed by atoms with Crippen LogP contribution >= 0.6 is 12.4 Å². The second-order valence-electron chi connectivity index (χ2n) is 4.05. The normalized spacial score (nSPS) is 18.9. The van der Waals surface area contributed by atoms with Crippen molar-refractivity contribution in [3.8, 4) is 11.5 Å². The fourth-order valence-corrected chi connectivity index (χ4v) is 2.06. The Kier molecular flexibility index (Phi) is 6.25. The van der Waals surface area contributed by atoms with E-state index in [-0.39, 0.29) is 12.4 Å². The van der Waals surface area contributed by atoms with Crippen LogP contribution in [0.25, 0.3) is 0 Å². The quantitative estimate of drug-likeness (QED) is 0.876. The monoisotopic (exact) mass is 272 g/mol. The third-order valence-electron chi connectivity index (χ3n) is 2.93. The van der Waals surface area contributed by atoms with Crippen LogP contribution in [0.5, 0.6) is 11.5 Å². The molecule has 18 heavy (non-hydrogen) atoms. The van der Waals surface area contributed by atoms with Crippen LogP contribution in [-0.2, 0) is 0 Å². The van der Waals surface area contributed by atoms with Crippen molar-refractivity contribution in [3.05, 3.63) is 23.8 Å². The molecule has 4 nitrogen and oxygen atoms in total. The van der Waals surface area contributed by atoms with Gasteiger partial charge in [-0.3, -0.25) is 0 Å². The van der Waals surface area contributed by atoms with E-state index in [1.807, 2.05) is 13.0 Å². The minimum atomic E-state index is 0. The Labute approximate surface area is 114 Å². The van der Waals surface area contributed by atoms with Crippen molar-refractivity contribution < 1.29 is 9.47 Å². The van der Waals surface area contributed by atoms with Crippen molar-refractivity contribution >= 4 is 12.4 Å². The minimum absolute atomic E-state index is 0. The molecule has 0 radical (unpaired) electrons. The number of rotatable bonds is 4. The van der Waals surface area contributed by atoms with Gasteiger partial charge in [0, 0.05) is 25.7 Å². The highest BCUT2D eigenvalue weighted by molar-refractivity contribution is 5.85. The minimum Gasteiger partial charge on any atom is -0.493 e. The molecule has 0 bridgehead atoms. The number of benzene rings is 1. The lowest BCUT2D eigenvalue weighted by Crippen LogP contribution is -2.42. The number of ether oxygens (including phenoxy) is 2. The fraction of sp³-hybridized carbons (Fsp3) is 0.538. The molecule has 1 aliphatic rings. The van der Waals surface area contributed by atoms with Gasteiger partial charge in [0.25, 0.3) is 0 Å². The molecule has 1 aromatic carbocycles. The maximum absolute atomic E-state index is 5.51. The zero-order valence-electron chi connectivity index (χ0n) is 10.9. The molecular formula is C13H21ClN2O2. The molecule has 1 fully saturated rings. The Bertz CT molecular complexity index is 368. The number of methoxy groups -OCH3 is 1. The summed E-state index contributed by atoms with van der Waals surface area (Å²) in [7, 11) is 1.67. The highest BCUT2D eigenvalue weighted by atomic mass is 35.5. The Morgan fingerprint density at radius 1 is 1.28 bits per heavy atom. The summed E-state index contributed by atoms with van der Waals surface area (Å²) >= 11 is 0. The molecule has 1 atom stereocenters. The first-order valence-corrected chi connectivity index (χ1v) is 6.10. The zero-order chi connectivity index (χ0) is 12.1. The van der Waals surface area contributed by atoms with Crippen LogP contribution in [0.4, 0.5) is 0 Å². The first kappa shape index (κ1) is 15.1. The summed E-state index contributed by atoms with van der Waals surface area (Å²) in [5.41, 5.74) is 1.23. The summed E-state index contributed by atoms with van der Waals surface area (Å²) in [6, 6.07) is 6.48. The zero-order valence-corrected chi connectivity index (χ0v) is 11.7. The van der Waals surface area contributed by atoms with Crippen LogP contribution in [0.15, 0.2) is 18.2 Å². The molecule has 0 unspecified atom stereocenters. The molecule has 1 aromatic rings. The molecule has 0 spiro atoms. The van der Waals surface area contributed by atoms with E-state index < -0.39 is 0 Å². The van der Waals surface area contributed by atoms with Gasteiger partial charge in [0.2, 0.25) is 0 Å². The van der Waals surface area contributed by atoms with Crippen molar-refractivity contribution in [2.75, 3.05) is 33.4 Å². The Morgan fingerprint density at radius 2 is 2.11 bits per heavy atom. The number of hydrogen-bond acceptors (Lipinski definition) is 4. The maximum atomic E-state index is 5.51. The second kappa shape index (κ2) is 7.46. The van der Waals surface area contributed by atoms with E-state index in [2.05, 4.69) is 22.8 Å². The largest absolute Gasteiger partial charge is 0.493 e. The van der Waals surface area contributed by atoms with E-state index in [0.29, 0.717) is 12.6 Å². The van der Waals surface area contributed by atoms with Gasteiger partial charge >= 0.3 is 0 Å².